The van der Waals surface area contributed by atoms with Crippen molar-refractivity contribution >= 4 is 15.8 Å². The molecule has 0 amide bonds. The molecule has 0 aromatic rings. The molecule has 0 radical (unpaired) electrons. The lowest BCUT2D eigenvalue weighted by Gasteiger charge is -2.25. The van der Waals surface area contributed by atoms with Gasteiger partial charge in [-0.05, 0) is 12.8 Å². The Morgan fingerprint density at radius 2 is 2.00 bits per heavy atom. The standard InChI is InChI=1S/C8H14O5S/c1-13-8(7(9)10)3-2-5-14(11,12)6-4-8/h2-6H2,1H3,(H,9,10). The molecule has 82 valence electrons. The number of methoxy groups -OCH3 is 1. The molecule has 0 saturated carbocycles. The van der Waals surface area contributed by atoms with Gasteiger partial charge in [0.1, 0.15) is 9.84 Å². The fourth-order valence-electron chi connectivity index (χ4n) is 1.63. The highest BCUT2D eigenvalue weighted by molar-refractivity contribution is 7.91. The Hall–Kier alpha value is -0.620. The summed E-state index contributed by atoms with van der Waals surface area (Å²) < 4.78 is 27.4. The maximum absolute atomic E-state index is 11.2. The predicted octanol–water partition coefficient (Wildman–Crippen LogP) is 0.0549. The van der Waals surface area contributed by atoms with Gasteiger partial charge in [-0.1, -0.05) is 0 Å². The fraction of sp³-hybridized carbons (Fsp3) is 0.875. The van der Waals surface area contributed by atoms with Crippen molar-refractivity contribution < 1.29 is 23.1 Å². The van der Waals surface area contributed by atoms with Gasteiger partial charge in [-0.2, -0.15) is 0 Å². The topological polar surface area (TPSA) is 80.7 Å². The van der Waals surface area contributed by atoms with Crippen LogP contribution in [0.15, 0.2) is 0 Å². The van der Waals surface area contributed by atoms with E-state index >= 15 is 0 Å². The normalized spacial score (nSPS) is 32.1. The zero-order chi connectivity index (χ0) is 10.8. The van der Waals surface area contributed by atoms with E-state index in [0.29, 0.717) is 6.42 Å². The van der Waals surface area contributed by atoms with Crippen LogP contribution in [0.4, 0.5) is 0 Å². The summed E-state index contributed by atoms with van der Waals surface area (Å²) in [5.41, 5.74) is -1.30. The molecule has 0 spiro atoms. The van der Waals surface area contributed by atoms with Crippen molar-refractivity contribution in [3.63, 3.8) is 0 Å². The Morgan fingerprint density at radius 1 is 1.36 bits per heavy atom. The zero-order valence-corrected chi connectivity index (χ0v) is 8.84. The summed E-state index contributed by atoms with van der Waals surface area (Å²) in [5, 5.41) is 8.96. The van der Waals surface area contributed by atoms with Crippen LogP contribution in [-0.4, -0.2) is 43.7 Å². The Kier molecular flexibility index (Phi) is 3.16. The van der Waals surface area contributed by atoms with Gasteiger partial charge < -0.3 is 9.84 Å². The van der Waals surface area contributed by atoms with Crippen LogP contribution < -0.4 is 0 Å². The second kappa shape index (κ2) is 3.86. The van der Waals surface area contributed by atoms with Gasteiger partial charge in [0.05, 0.1) is 11.5 Å². The van der Waals surface area contributed by atoms with Crippen molar-refractivity contribution in [3.05, 3.63) is 0 Å². The lowest BCUT2D eigenvalue weighted by molar-refractivity contribution is -0.163. The van der Waals surface area contributed by atoms with Crippen molar-refractivity contribution in [3.8, 4) is 0 Å². The fourth-order valence-corrected chi connectivity index (χ4v) is 3.06. The zero-order valence-electron chi connectivity index (χ0n) is 8.02. The van der Waals surface area contributed by atoms with Crippen LogP contribution in [0.2, 0.25) is 0 Å². The van der Waals surface area contributed by atoms with E-state index in [1.807, 2.05) is 0 Å². The van der Waals surface area contributed by atoms with Crippen molar-refractivity contribution in [2.75, 3.05) is 18.6 Å². The number of carboxylic acids is 1. The number of sulfone groups is 1. The third-order valence-corrected chi connectivity index (χ3v) is 4.37. The number of ether oxygens (including phenoxy) is 1. The lowest BCUT2D eigenvalue weighted by Crippen LogP contribution is -2.41. The van der Waals surface area contributed by atoms with E-state index in [1.54, 1.807) is 0 Å². The molecule has 1 unspecified atom stereocenters. The molecule has 5 nitrogen and oxygen atoms in total. The van der Waals surface area contributed by atoms with Crippen LogP contribution in [0.25, 0.3) is 0 Å². The molecule has 0 aliphatic carbocycles. The van der Waals surface area contributed by atoms with Crippen LogP contribution in [-0.2, 0) is 19.4 Å². The summed E-state index contributed by atoms with van der Waals surface area (Å²) >= 11 is 0. The summed E-state index contributed by atoms with van der Waals surface area (Å²) in [7, 11) is -1.77. The largest absolute Gasteiger partial charge is 0.479 e. The molecular formula is C8H14O5S. The Labute approximate surface area is 83.0 Å². The number of carboxylic acid groups (broad SMARTS) is 1. The molecule has 0 aromatic heterocycles. The monoisotopic (exact) mass is 222 g/mol. The average Bonchev–Trinajstić information content (AvgIpc) is 2.25. The maximum Gasteiger partial charge on any atom is 0.335 e. The molecule has 1 saturated heterocycles. The van der Waals surface area contributed by atoms with Crippen LogP contribution in [0.1, 0.15) is 19.3 Å². The lowest BCUT2D eigenvalue weighted by atomic mass is 9.95. The Morgan fingerprint density at radius 3 is 2.50 bits per heavy atom. The smallest absolute Gasteiger partial charge is 0.335 e. The minimum Gasteiger partial charge on any atom is -0.479 e. The van der Waals surface area contributed by atoms with Gasteiger partial charge in [0, 0.05) is 13.5 Å². The summed E-state index contributed by atoms with van der Waals surface area (Å²) in [6, 6.07) is 0. The van der Waals surface area contributed by atoms with Crippen LogP contribution >= 0.6 is 0 Å². The third kappa shape index (κ3) is 2.24. The Balaban J connectivity index is 2.87. The van der Waals surface area contributed by atoms with Gasteiger partial charge in [0.2, 0.25) is 0 Å². The molecule has 1 heterocycles. The molecule has 6 heteroatoms. The van der Waals surface area contributed by atoms with E-state index in [4.69, 9.17) is 9.84 Å². The molecule has 1 N–H and O–H groups in total. The van der Waals surface area contributed by atoms with Gasteiger partial charge in [0.25, 0.3) is 0 Å². The highest BCUT2D eigenvalue weighted by atomic mass is 32.2. The van der Waals surface area contributed by atoms with E-state index in [2.05, 4.69) is 0 Å². The SMILES string of the molecule is COC1(C(=O)O)CCCS(=O)(=O)CC1. The van der Waals surface area contributed by atoms with E-state index < -0.39 is 21.4 Å². The van der Waals surface area contributed by atoms with Crippen LogP contribution in [0.5, 0.6) is 0 Å². The van der Waals surface area contributed by atoms with E-state index in [-0.39, 0.29) is 24.3 Å². The molecule has 0 aromatic carbocycles. The van der Waals surface area contributed by atoms with Crippen LogP contribution in [0.3, 0.4) is 0 Å². The third-order valence-electron chi connectivity index (χ3n) is 2.63. The molecule has 1 atom stereocenters. The summed E-state index contributed by atoms with van der Waals surface area (Å²) in [4.78, 5) is 11.0. The molecule has 0 bridgehead atoms. The molecule has 1 aliphatic rings. The molecule has 14 heavy (non-hydrogen) atoms. The second-order valence-electron chi connectivity index (χ2n) is 3.51. The first-order valence-electron chi connectivity index (χ1n) is 4.41. The summed E-state index contributed by atoms with van der Waals surface area (Å²) in [6.45, 7) is 0. The minimum absolute atomic E-state index is 0.0428. The first kappa shape index (κ1) is 11.5. The van der Waals surface area contributed by atoms with Gasteiger partial charge in [-0.15, -0.1) is 0 Å². The predicted molar refractivity (Wildman–Crippen MR) is 49.9 cm³/mol. The number of hydrogen-bond acceptors (Lipinski definition) is 4. The molecular weight excluding hydrogens is 208 g/mol. The van der Waals surface area contributed by atoms with Crippen molar-refractivity contribution in [1.29, 1.82) is 0 Å². The van der Waals surface area contributed by atoms with E-state index in [9.17, 15) is 13.2 Å². The van der Waals surface area contributed by atoms with E-state index in [1.165, 1.54) is 7.11 Å². The second-order valence-corrected chi connectivity index (χ2v) is 5.81. The molecule has 1 fully saturated rings. The van der Waals surface area contributed by atoms with Gasteiger partial charge in [-0.3, -0.25) is 0 Å². The molecule has 1 aliphatic heterocycles. The maximum atomic E-state index is 11.2. The summed E-state index contributed by atoms with van der Waals surface area (Å²) in [6.07, 6.45) is 0.654. The number of rotatable bonds is 2. The number of hydrogen-bond donors (Lipinski definition) is 1. The van der Waals surface area contributed by atoms with Gasteiger partial charge in [0.15, 0.2) is 5.60 Å². The minimum atomic E-state index is -3.08. The Bertz CT molecular complexity index is 321. The van der Waals surface area contributed by atoms with Crippen molar-refractivity contribution in [2.24, 2.45) is 0 Å². The molecule has 1 rings (SSSR count). The highest BCUT2D eigenvalue weighted by Crippen LogP contribution is 2.27. The first-order chi connectivity index (χ1) is 6.42. The number of carbonyl (C=O) groups is 1. The van der Waals surface area contributed by atoms with Crippen LogP contribution in [0, 0.1) is 0 Å². The van der Waals surface area contributed by atoms with Crippen molar-refractivity contribution in [1.82, 2.24) is 0 Å². The van der Waals surface area contributed by atoms with Gasteiger partial charge in [-0.25, -0.2) is 13.2 Å². The van der Waals surface area contributed by atoms with Crippen molar-refractivity contribution in [2.45, 2.75) is 24.9 Å². The number of aliphatic carboxylic acids is 1. The quantitative estimate of drug-likeness (QED) is 0.714. The summed E-state index contributed by atoms with van der Waals surface area (Å²) in [5.74, 6) is -1.12. The van der Waals surface area contributed by atoms with Gasteiger partial charge >= 0.3 is 5.97 Å². The first-order valence-corrected chi connectivity index (χ1v) is 6.23. The van der Waals surface area contributed by atoms with E-state index in [0.717, 1.165) is 0 Å². The highest BCUT2D eigenvalue weighted by Gasteiger charge is 2.41. The average molecular weight is 222 g/mol.